The Balaban J connectivity index is 2.92. The fourth-order valence-electron chi connectivity index (χ4n) is 1.25. The second kappa shape index (κ2) is 3.87. The summed E-state index contributed by atoms with van der Waals surface area (Å²) in [6, 6.07) is 4.65. The molecule has 0 atom stereocenters. The summed E-state index contributed by atoms with van der Waals surface area (Å²) in [5, 5.41) is 0.171. The van der Waals surface area contributed by atoms with Gasteiger partial charge in [-0.1, -0.05) is 15.9 Å². The molecule has 0 radical (unpaired) electrons. The molecule has 0 N–H and O–H groups in total. The molecule has 2 rings (SSSR count). The van der Waals surface area contributed by atoms with Crippen LogP contribution < -0.4 is 5.43 Å². The number of fused-ring (bicyclic) bond motifs is 1. The number of halogens is 2. The minimum atomic E-state index is -4.08. The Morgan fingerprint density at radius 1 is 1.31 bits per heavy atom. The van der Waals surface area contributed by atoms with Gasteiger partial charge >= 0.3 is 0 Å². The van der Waals surface area contributed by atoms with Crippen molar-refractivity contribution >= 4 is 46.6 Å². The molecule has 2 aromatic rings. The minimum absolute atomic E-state index is 0.171. The largest absolute Gasteiger partial charge is 0.463 e. The van der Waals surface area contributed by atoms with Gasteiger partial charge in [0.05, 0.1) is 5.39 Å². The lowest BCUT2D eigenvalue weighted by Crippen LogP contribution is -2.10. The first-order valence-corrected chi connectivity index (χ1v) is 7.15. The molecule has 0 fully saturated rings. The van der Waals surface area contributed by atoms with Gasteiger partial charge in [0.1, 0.15) is 11.8 Å². The van der Waals surface area contributed by atoms with Gasteiger partial charge in [0.25, 0.3) is 9.05 Å². The van der Waals surface area contributed by atoms with E-state index in [1.165, 1.54) is 6.07 Å². The van der Waals surface area contributed by atoms with E-state index in [1.807, 2.05) is 0 Å². The van der Waals surface area contributed by atoms with Crippen LogP contribution in [0.2, 0.25) is 0 Å². The zero-order valence-corrected chi connectivity index (χ0v) is 10.8. The van der Waals surface area contributed by atoms with Gasteiger partial charge in [0, 0.05) is 15.2 Å². The second-order valence-corrected chi connectivity index (χ2v) is 6.46. The maximum atomic E-state index is 11.7. The van der Waals surface area contributed by atoms with Crippen molar-refractivity contribution in [2.24, 2.45) is 0 Å². The lowest BCUT2D eigenvalue weighted by Gasteiger charge is -1.99. The molecule has 0 aliphatic rings. The zero-order chi connectivity index (χ0) is 11.9. The molecule has 0 unspecified atom stereocenters. The Hall–Kier alpha value is -0.850. The van der Waals surface area contributed by atoms with Crippen LogP contribution in [0.5, 0.6) is 0 Å². The highest BCUT2D eigenvalue weighted by Crippen LogP contribution is 2.20. The Morgan fingerprint density at radius 3 is 2.62 bits per heavy atom. The van der Waals surface area contributed by atoms with E-state index in [2.05, 4.69) is 15.9 Å². The van der Waals surface area contributed by atoms with Crippen LogP contribution >= 0.6 is 26.6 Å². The molecule has 0 saturated carbocycles. The predicted octanol–water partition coefficient (Wildman–Crippen LogP) is 2.48. The van der Waals surface area contributed by atoms with E-state index in [0.29, 0.717) is 5.58 Å². The highest BCUT2D eigenvalue weighted by molar-refractivity contribution is 9.10. The standard InChI is InChI=1S/C9H4BrClO4S/c10-5-1-2-6-7(3-5)15-4-8(9(6)12)16(11,13)14/h1-4H. The molecule has 84 valence electrons. The molecule has 0 aliphatic heterocycles. The van der Waals surface area contributed by atoms with E-state index in [4.69, 9.17) is 15.1 Å². The molecule has 16 heavy (non-hydrogen) atoms. The quantitative estimate of drug-likeness (QED) is 0.756. The summed E-state index contributed by atoms with van der Waals surface area (Å²) < 4.78 is 27.9. The monoisotopic (exact) mass is 322 g/mol. The lowest BCUT2D eigenvalue weighted by molar-refractivity contribution is 0.572. The van der Waals surface area contributed by atoms with Gasteiger partial charge < -0.3 is 4.42 Å². The second-order valence-electron chi connectivity index (χ2n) is 3.01. The highest BCUT2D eigenvalue weighted by atomic mass is 79.9. The molecule has 0 aliphatic carbocycles. The maximum Gasteiger partial charge on any atom is 0.268 e. The molecule has 0 amide bonds. The Kier molecular flexibility index (Phi) is 2.81. The summed E-state index contributed by atoms with van der Waals surface area (Å²) in [5.74, 6) is 0. The van der Waals surface area contributed by atoms with Crippen LogP contribution in [-0.4, -0.2) is 8.42 Å². The van der Waals surface area contributed by atoms with Gasteiger partial charge in [0.15, 0.2) is 4.90 Å². The van der Waals surface area contributed by atoms with Crippen LogP contribution in [0, 0.1) is 0 Å². The Bertz CT molecular complexity index is 720. The highest BCUT2D eigenvalue weighted by Gasteiger charge is 2.18. The number of hydrogen-bond acceptors (Lipinski definition) is 4. The van der Waals surface area contributed by atoms with Gasteiger partial charge in [-0.05, 0) is 18.2 Å². The summed E-state index contributed by atoms with van der Waals surface area (Å²) in [6.45, 7) is 0. The van der Waals surface area contributed by atoms with E-state index in [1.54, 1.807) is 12.1 Å². The molecule has 0 saturated heterocycles. The van der Waals surface area contributed by atoms with Crippen LogP contribution in [-0.2, 0) is 9.05 Å². The third-order valence-corrected chi connectivity index (χ3v) is 3.77. The van der Waals surface area contributed by atoms with E-state index < -0.39 is 19.4 Å². The van der Waals surface area contributed by atoms with Crippen LogP contribution in [0.25, 0.3) is 11.0 Å². The van der Waals surface area contributed by atoms with E-state index in [-0.39, 0.29) is 5.39 Å². The van der Waals surface area contributed by atoms with Gasteiger partial charge in [-0.25, -0.2) is 8.42 Å². The first-order chi connectivity index (χ1) is 7.39. The molecule has 7 heteroatoms. The number of rotatable bonds is 1. The van der Waals surface area contributed by atoms with Crippen molar-refractivity contribution in [1.29, 1.82) is 0 Å². The van der Waals surface area contributed by atoms with Gasteiger partial charge in [0.2, 0.25) is 5.43 Å². The van der Waals surface area contributed by atoms with Crippen LogP contribution in [0.1, 0.15) is 0 Å². The summed E-state index contributed by atoms with van der Waals surface area (Å²) in [5.41, 5.74) is -0.368. The normalized spacial score (nSPS) is 11.9. The molecular formula is C9H4BrClO4S. The average molecular weight is 324 g/mol. The van der Waals surface area contributed by atoms with Gasteiger partial charge in [-0.15, -0.1) is 0 Å². The summed E-state index contributed by atoms with van der Waals surface area (Å²) in [4.78, 5) is 11.2. The lowest BCUT2D eigenvalue weighted by atomic mass is 10.2. The molecular weight excluding hydrogens is 320 g/mol. The van der Waals surface area contributed by atoms with Crippen molar-refractivity contribution in [2.45, 2.75) is 4.90 Å². The van der Waals surface area contributed by atoms with Crippen molar-refractivity contribution in [3.8, 4) is 0 Å². The smallest absolute Gasteiger partial charge is 0.268 e. The fourth-order valence-corrected chi connectivity index (χ4v) is 2.41. The van der Waals surface area contributed by atoms with Crippen LogP contribution in [0.4, 0.5) is 0 Å². The maximum absolute atomic E-state index is 11.7. The first kappa shape index (κ1) is 11.6. The SMILES string of the molecule is O=c1c(S(=O)(=O)Cl)coc2cc(Br)ccc12. The number of hydrogen-bond donors (Lipinski definition) is 0. The molecule has 0 spiro atoms. The van der Waals surface area contributed by atoms with Crippen LogP contribution in [0.15, 0.2) is 43.0 Å². The van der Waals surface area contributed by atoms with E-state index in [9.17, 15) is 13.2 Å². The zero-order valence-electron chi connectivity index (χ0n) is 7.61. The van der Waals surface area contributed by atoms with Gasteiger partial charge in [-0.2, -0.15) is 0 Å². The molecule has 1 heterocycles. The Labute approximate surface area is 103 Å². The summed E-state index contributed by atoms with van der Waals surface area (Å²) in [6.07, 6.45) is 0.847. The molecule has 1 aromatic heterocycles. The summed E-state index contributed by atoms with van der Waals surface area (Å²) >= 11 is 3.21. The molecule has 0 bridgehead atoms. The minimum Gasteiger partial charge on any atom is -0.463 e. The van der Waals surface area contributed by atoms with E-state index in [0.717, 1.165) is 10.7 Å². The average Bonchev–Trinajstić information content (AvgIpc) is 2.15. The van der Waals surface area contributed by atoms with Gasteiger partial charge in [-0.3, -0.25) is 4.79 Å². The van der Waals surface area contributed by atoms with Crippen molar-refractivity contribution in [2.75, 3.05) is 0 Å². The topological polar surface area (TPSA) is 64.3 Å². The molecule has 1 aromatic carbocycles. The van der Waals surface area contributed by atoms with Crippen LogP contribution in [0.3, 0.4) is 0 Å². The van der Waals surface area contributed by atoms with Crippen molar-refractivity contribution in [3.63, 3.8) is 0 Å². The summed E-state index contributed by atoms with van der Waals surface area (Å²) in [7, 11) is 1.02. The van der Waals surface area contributed by atoms with Crippen molar-refractivity contribution in [3.05, 3.63) is 39.2 Å². The Morgan fingerprint density at radius 2 is 2.00 bits per heavy atom. The van der Waals surface area contributed by atoms with Crippen molar-refractivity contribution < 1.29 is 12.8 Å². The first-order valence-electron chi connectivity index (χ1n) is 4.05. The third-order valence-electron chi connectivity index (χ3n) is 1.97. The molecule has 4 nitrogen and oxygen atoms in total. The number of benzene rings is 1. The fraction of sp³-hybridized carbons (Fsp3) is 0. The van der Waals surface area contributed by atoms with E-state index >= 15 is 0 Å². The van der Waals surface area contributed by atoms with Crippen molar-refractivity contribution in [1.82, 2.24) is 0 Å². The third kappa shape index (κ3) is 2.00. The predicted molar refractivity (Wildman–Crippen MR) is 63.2 cm³/mol.